The second kappa shape index (κ2) is 6.00. The number of amides is 1. The molecule has 2 rings (SSSR count). The number of aromatic nitrogens is 1. The van der Waals surface area contributed by atoms with Crippen LogP contribution >= 0.6 is 0 Å². The van der Waals surface area contributed by atoms with E-state index in [2.05, 4.69) is 10.3 Å². The molecule has 4 heteroatoms. The van der Waals surface area contributed by atoms with Gasteiger partial charge in [-0.15, -0.1) is 0 Å². The molecule has 0 atom stereocenters. The predicted molar refractivity (Wildman–Crippen MR) is 74.3 cm³/mol. The first kappa shape index (κ1) is 13.1. The molecule has 0 aliphatic rings. The van der Waals surface area contributed by atoms with Crippen molar-refractivity contribution in [2.75, 3.05) is 6.54 Å². The maximum atomic E-state index is 11.8. The fraction of sp³-hybridized carbons (Fsp3) is 0.200. The number of rotatable bonds is 4. The molecule has 0 spiro atoms. The van der Waals surface area contributed by atoms with E-state index in [9.17, 15) is 9.59 Å². The third-order valence-corrected chi connectivity index (χ3v) is 2.88. The maximum Gasteiger partial charge on any atom is 0.260 e. The first-order valence-corrected chi connectivity index (χ1v) is 6.18. The SMILES string of the molecule is Cc1ccc(CCNC(=O)c2ccc[nH]c2=O)cc1. The first-order chi connectivity index (χ1) is 9.16. The number of nitrogens with one attached hydrogen (secondary N) is 2. The van der Waals surface area contributed by atoms with Crippen molar-refractivity contribution < 1.29 is 4.79 Å². The zero-order valence-corrected chi connectivity index (χ0v) is 10.8. The molecule has 0 saturated heterocycles. The Balaban J connectivity index is 1.89. The Morgan fingerprint density at radius 3 is 2.63 bits per heavy atom. The van der Waals surface area contributed by atoms with Crippen molar-refractivity contribution in [3.63, 3.8) is 0 Å². The minimum absolute atomic E-state index is 0.145. The summed E-state index contributed by atoms with van der Waals surface area (Å²) in [6.45, 7) is 2.55. The summed E-state index contributed by atoms with van der Waals surface area (Å²) in [6, 6.07) is 11.3. The molecule has 4 nitrogen and oxygen atoms in total. The molecular weight excluding hydrogens is 240 g/mol. The molecule has 2 aromatic rings. The fourth-order valence-corrected chi connectivity index (χ4v) is 1.77. The number of carbonyl (C=O) groups excluding carboxylic acids is 1. The molecule has 1 aromatic carbocycles. The Hall–Kier alpha value is -2.36. The Labute approximate surface area is 111 Å². The zero-order chi connectivity index (χ0) is 13.7. The van der Waals surface area contributed by atoms with Crippen LogP contribution in [0.1, 0.15) is 21.5 Å². The summed E-state index contributed by atoms with van der Waals surface area (Å²) in [5, 5.41) is 2.74. The maximum absolute atomic E-state index is 11.8. The van der Waals surface area contributed by atoms with E-state index >= 15 is 0 Å². The highest BCUT2D eigenvalue weighted by Gasteiger charge is 2.08. The number of H-pyrrole nitrogens is 1. The van der Waals surface area contributed by atoms with Gasteiger partial charge in [0.05, 0.1) is 0 Å². The van der Waals surface area contributed by atoms with Gasteiger partial charge in [0, 0.05) is 12.7 Å². The van der Waals surface area contributed by atoms with Gasteiger partial charge in [0.15, 0.2) is 0 Å². The second-order valence-electron chi connectivity index (χ2n) is 4.40. The van der Waals surface area contributed by atoms with E-state index in [1.807, 2.05) is 31.2 Å². The molecule has 0 bridgehead atoms. The van der Waals surface area contributed by atoms with Crippen LogP contribution in [0.15, 0.2) is 47.4 Å². The highest BCUT2D eigenvalue weighted by Crippen LogP contribution is 2.03. The van der Waals surface area contributed by atoms with E-state index in [0.29, 0.717) is 6.54 Å². The fourth-order valence-electron chi connectivity index (χ4n) is 1.77. The van der Waals surface area contributed by atoms with Crippen LogP contribution in [0.25, 0.3) is 0 Å². The number of aromatic amines is 1. The van der Waals surface area contributed by atoms with Gasteiger partial charge in [-0.2, -0.15) is 0 Å². The summed E-state index contributed by atoms with van der Waals surface area (Å²) in [7, 11) is 0. The van der Waals surface area contributed by atoms with E-state index < -0.39 is 0 Å². The van der Waals surface area contributed by atoms with Crippen LogP contribution in [0, 0.1) is 6.92 Å². The van der Waals surface area contributed by atoms with Gasteiger partial charge >= 0.3 is 0 Å². The van der Waals surface area contributed by atoms with E-state index in [1.165, 1.54) is 17.8 Å². The standard InChI is InChI=1S/C15H16N2O2/c1-11-4-6-12(7-5-11)8-10-17-15(19)13-3-2-9-16-14(13)18/h2-7,9H,8,10H2,1H3,(H,16,18)(H,17,19). The van der Waals surface area contributed by atoms with Crippen molar-refractivity contribution in [2.24, 2.45) is 0 Å². The van der Waals surface area contributed by atoms with E-state index in [-0.39, 0.29) is 17.0 Å². The van der Waals surface area contributed by atoms with Crippen LogP contribution in [0.3, 0.4) is 0 Å². The largest absolute Gasteiger partial charge is 0.352 e. The van der Waals surface area contributed by atoms with Gasteiger partial charge in [-0.05, 0) is 31.0 Å². The predicted octanol–water partition coefficient (Wildman–Crippen LogP) is 1.66. The van der Waals surface area contributed by atoms with Crippen LogP contribution in [0.5, 0.6) is 0 Å². The smallest absolute Gasteiger partial charge is 0.260 e. The molecule has 1 aromatic heterocycles. The number of aryl methyl sites for hydroxylation is 1. The van der Waals surface area contributed by atoms with Crippen molar-refractivity contribution in [3.8, 4) is 0 Å². The van der Waals surface area contributed by atoms with Crippen molar-refractivity contribution >= 4 is 5.91 Å². The zero-order valence-electron chi connectivity index (χ0n) is 10.8. The lowest BCUT2D eigenvalue weighted by molar-refractivity contribution is 0.0952. The molecule has 0 radical (unpaired) electrons. The Bertz CT molecular complexity index is 615. The van der Waals surface area contributed by atoms with Gasteiger partial charge in [-0.1, -0.05) is 29.8 Å². The summed E-state index contributed by atoms with van der Waals surface area (Å²) in [5.74, 6) is -0.339. The molecular formula is C15H16N2O2. The van der Waals surface area contributed by atoms with Gasteiger partial charge < -0.3 is 10.3 Å². The van der Waals surface area contributed by atoms with Crippen LogP contribution in [-0.4, -0.2) is 17.4 Å². The Kier molecular flexibility index (Phi) is 4.13. The third kappa shape index (κ3) is 3.55. The number of hydrogen-bond acceptors (Lipinski definition) is 2. The average Bonchev–Trinajstić information content (AvgIpc) is 2.41. The Morgan fingerprint density at radius 2 is 1.95 bits per heavy atom. The normalized spacial score (nSPS) is 10.2. The van der Waals surface area contributed by atoms with E-state index in [0.717, 1.165) is 12.0 Å². The van der Waals surface area contributed by atoms with Crippen molar-refractivity contribution in [3.05, 3.63) is 69.6 Å². The molecule has 19 heavy (non-hydrogen) atoms. The topological polar surface area (TPSA) is 62.0 Å². The molecule has 0 unspecified atom stereocenters. The van der Waals surface area contributed by atoms with Gasteiger partial charge in [0.25, 0.3) is 11.5 Å². The van der Waals surface area contributed by atoms with Crippen molar-refractivity contribution in [1.82, 2.24) is 10.3 Å². The lowest BCUT2D eigenvalue weighted by Gasteiger charge is -2.05. The molecule has 1 amide bonds. The molecule has 0 saturated carbocycles. The molecule has 2 N–H and O–H groups in total. The average molecular weight is 256 g/mol. The summed E-state index contributed by atoms with van der Waals surface area (Å²) < 4.78 is 0. The molecule has 1 heterocycles. The quantitative estimate of drug-likeness (QED) is 0.873. The lowest BCUT2D eigenvalue weighted by atomic mass is 10.1. The summed E-state index contributed by atoms with van der Waals surface area (Å²) in [6.07, 6.45) is 2.25. The van der Waals surface area contributed by atoms with E-state index in [1.54, 1.807) is 6.07 Å². The van der Waals surface area contributed by atoms with Crippen molar-refractivity contribution in [1.29, 1.82) is 0 Å². The third-order valence-electron chi connectivity index (χ3n) is 2.88. The second-order valence-corrected chi connectivity index (χ2v) is 4.40. The van der Waals surface area contributed by atoms with Crippen LogP contribution in [0.2, 0.25) is 0 Å². The van der Waals surface area contributed by atoms with Gasteiger partial charge in [-0.3, -0.25) is 9.59 Å². The van der Waals surface area contributed by atoms with E-state index in [4.69, 9.17) is 0 Å². The molecule has 0 fully saturated rings. The molecule has 0 aliphatic heterocycles. The van der Waals surface area contributed by atoms with Gasteiger partial charge in [0.1, 0.15) is 5.56 Å². The minimum atomic E-state index is -0.365. The van der Waals surface area contributed by atoms with Crippen LogP contribution < -0.4 is 10.9 Å². The summed E-state index contributed by atoms with van der Waals surface area (Å²) >= 11 is 0. The number of hydrogen-bond donors (Lipinski definition) is 2. The Morgan fingerprint density at radius 1 is 1.21 bits per heavy atom. The molecule has 98 valence electrons. The van der Waals surface area contributed by atoms with Gasteiger partial charge in [-0.25, -0.2) is 0 Å². The highest BCUT2D eigenvalue weighted by atomic mass is 16.2. The van der Waals surface area contributed by atoms with Crippen molar-refractivity contribution in [2.45, 2.75) is 13.3 Å². The van der Waals surface area contributed by atoms with Crippen LogP contribution in [0.4, 0.5) is 0 Å². The molecule has 0 aliphatic carbocycles. The summed E-state index contributed by atoms with van der Waals surface area (Å²) in [4.78, 5) is 25.7. The number of pyridine rings is 1. The monoisotopic (exact) mass is 256 g/mol. The highest BCUT2D eigenvalue weighted by molar-refractivity contribution is 5.93. The lowest BCUT2D eigenvalue weighted by Crippen LogP contribution is -2.30. The number of benzene rings is 1. The first-order valence-electron chi connectivity index (χ1n) is 6.18. The summed E-state index contributed by atoms with van der Waals surface area (Å²) in [5.41, 5.74) is 2.15. The minimum Gasteiger partial charge on any atom is -0.352 e. The number of carbonyl (C=O) groups is 1. The van der Waals surface area contributed by atoms with Crippen LogP contribution in [-0.2, 0) is 6.42 Å². The van der Waals surface area contributed by atoms with Gasteiger partial charge in [0.2, 0.25) is 0 Å².